The second-order valence-electron chi connectivity index (χ2n) is 5.72. The van der Waals surface area contributed by atoms with Crippen LogP contribution < -0.4 is 10.2 Å². The predicted molar refractivity (Wildman–Crippen MR) is 82.4 cm³/mol. The molecule has 1 unspecified atom stereocenters. The smallest absolute Gasteiger partial charge is 0.0498 e. The van der Waals surface area contributed by atoms with Gasteiger partial charge in [-0.3, -0.25) is 0 Å². The van der Waals surface area contributed by atoms with Gasteiger partial charge in [-0.05, 0) is 64.4 Å². The van der Waals surface area contributed by atoms with Gasteiger partial charge in [0.25, 0.3) is 0 Å². The second kappa shape index (κ2) is 5.22. The zero-order valence-electron chi connectivity index (χ0n) is 11.8. The molecule has 3 heteroatoms. The molecule has 0 amide bonds. The van der Waals surface area contributed by atoms with Gasteiger partial charge in [-0.2, -0.15) is 0 Å². The third kappa shape index (κ3) is 2.43. The summed E-state index contributed by atoms with van der Waals surface area (Å²) in [6, 6.07) is 7.13. The van der Waals surface area contributed by atoms with Gasteiger partial charge in [0.05, 0.1) is 0 Å². The summed E-state index contributed by atoms with van der Waals surface area (Å²) in [4.78, 5) is 2.55. The standard InChI is InChI=1S/C15H23BrN2/c1-11-10-12(16)7-8-13(11)18-9-5-6-14(17-4)15(18,2)3/h7-8,10,14,17H,5-6,9H2,1-4H3. The van der Waals surface area contributed by atoms with E-state index >= 15 is 0 Å². The number of likely N-dealkylation sites (N-methyl/N-ethyl adjacent to an activating group) is 1. The quantitative estimate of drug-likeness (QED) is 0.895. The van der Waals surface area contributed by atoms with Crippen LogP contribution in [0.5, 0.6) is 0 Å². The van der Waals surface area contributed by atoms with Gasteiger partial charge in [0.2, 0.25) is 0 Å². The van der Waals surface area contributed by atoms with Crippen molar-refractivity contribution in [3.63, 3.8) is 0 Å². The van der Waals surface area contributed by atoms with Crippen molar-refractivity contribution in [2.24, 2.45) is 0 Å². The summed E-state index contributed by atoms with van der Waals surface area (Å²) < 4.78 is 1.16. The van der Waals surface area contributed by atoms with E-state index in [1.165, 1.54) is 24.1 Å². The van der Waals surface area contributed by atoms with E-state index in [4.69, 9.17) is 0 Å². The van der Waals surface area contributed by atoms with Gasteiger partial charge < -0.3 is 10.2 Å². The summed E-state index contributed by atoms with van der Waals surface area (Å²) in [5, 5.41) is 3.47. The predicted octanol–water partition coefficient (Wildman–Crippen LogP) is 3.72. The number of anilines is 1. The van der Waals surface area contributed by atoms with E-state index in [1.54, 1.807) is 0 Å². The monoisotopic (exact) mass is 310 g/mol. The molecule has 2 rings (SSSR count). The van der Waals surface area contributed by atoms with Crippen LogP contribution in [0.2, 0.25) is 0 Å². The van der Waals surface area contributed by atoms with Gasteiger partial charge in [-0.25, -0.2) is 0 Å². The van der Waals surface area contributed by atoms with Gasteiger partial charge in [-0.15, -0.1) is 0 Å². The Balaban J connectivity index is 2.36. The summed E-state index contributed by atoms with van der Waals surface area (Å²) in [6.07, 6.45) is 2.51. The molecule has 1 heterocycles. The van der Waals surface area contributed by atoms with E-state index in [9.17, 15) is 0 Å². The van der Waals surface area contributed by atoms with Crippen LogP contribution in [-0.2, 0) is 0 Å². The second-order valence-corrected chi connectivity index (χ2v) is 6.64. The van der Waals surface area contributed by atoms with Crippen molar-refractivity contribution in [1.29, 1.82) is 0 Å². The molecule has 0 aromatic heterocycles. The van der Waals surface area contributed by atoms with Gasteiger partial charge in [0.1, 0.15) is 0 Å². The Morgan fingerprint density at radius 2 is 2.11 bits per heavy atom. The molecule has 1 saturated heterocycles. The molecule has 1 aromatic carbocycles. The maximum Gasteiger partial charge on any atom is 0.0498 e. The summed E-state index contributed by atoms with van der Waals surface area (Å²) in [6.45, 7) is 8.02. The van der Waals surface area contributed by atoms with Crippen LogP contribution in [-0.4, -0.2) is 25.2 Å². The number of halogens is 1. The van der Waals surface area contributed by atoms with E-state index in [1.807, 2.05) is 0 Å². The molecule has 1 aliphatic rings. The molecule has 0 saturated carbocycles. The Morgan fingerprint density at radius 3 is 2.72 bits per heavy atom. The summed E-state index contributed by atoms with van der Waals surface area (Å²) in [5.74, 6) is 0. The molecule has 100 valence electrons. The molecule has 1 aromatic rings. The molecule has 1 N–H and O–H groups in total. The van der Waals surface area contributed by atoms with Crippen LogP contribution in [0.4, 0.5) is 5.69 Å². The Morgan fingerprint density at radius 1 is 1.39 bits per heavy atom. The van der Waals surface area contributed by atoms with Crippen LogP contribution >= 0.6 is 15.9 Å². The topological polar surface area (TPSA) is 15.3 Å². The molecular formula is C15H23BrN2. The van der Waals surface area contributed by atoms with Gasteiger partial charge in [0.15, 0.2) is 0 Å². The number of nitrogens with one attached hydrogen (secondary N) is 1. The van der Waals surface area contributed by atoms with Gasteiger partial charge >= 0.3 is 0 Å². The first-order chi connectivity index (χ1) is 8.46. The molecule has 1 fully saturated rings. The van der Waals surface area contributed by atoms with Crippen LogP contribution in [0, 0.1) is 6.92 Å². The summed E-state index contributed by atoms with van der Waals surface area (Å²) >= 11 is 3.54. The third-order valence-corrected chi connectivity index (χ3v) is 4.71. The van der Waals surface area contributed by atoms with Crippen molar-refractivity contribution < 1.29 is 0 Å². The number of hydrogen-bond donors (Lipinski definition) is 1. The van der Waals surface area contributed by atoms with E-state index in [2.05, 4.69) is 72.2 Å². The number of aryl methyl sites for hydroxylation is 1. The largest absolute Gasteiger partial charge is 0.365 e. The lowest BCUT2D eigenvalue weighted by Crippen LogP contribution is -2.60. The van der Waals surface area contributed by atoms with Crippen molar-refractivity contribution in [2.75, 3.05) is 18.5 Å². The van der Waals surface area contributed by atoms with Crippen LogP contribution in [0.15, 0.2) is 22.7 Å². The maximum atomic E-state index is 3.54. The number of nitrogens with zero attached hydrogens (tertiary/aromatic N) is 1. The minimum Gasteiger partial charge on any atom is -0.365 e. The maximum absolute atomic E-state index is 3.54. The molecule has 0 bridgehead atoms. The Labute approximate surface area is 119 Å². The zero-order chi connectivity index (χ0) is 13.3. The van der Waals surface area contributed by atoms with Crippen molar-refractivity contribution in [1.82, 2.24) is 5.32 Å². The SMILES string of the molecule is CNC1CCCN(c2ccc(Br)cc2C)C1(C)C. The Hall–Kier alpha value is -0.540. The molecular weight excluding hydrogens is 288 g/mol. The van der Waals surface area contributed by atoms with Crippen molar-refractivity contribution in [3.8, 4) is 0 Å². The third-order valence-electron chi connectivity index (χ3n) is 4.22. The van der Waals surface area contributed by atoms with E-state index in [0.29, 0.717) is 6.04 Å². The first-order valence-corrected chi connectivity index (χ1v) is 7.47. The van der Waals surface area contributed by atoms with Crippen LogP contribution in [0.3, 0.4) is 0 Å². The highest BCUT2D eigenvalue weighted by Gasteiger charge is 2.38. The number of hydrogen-bond acceptors (Lipinski definition) is 2. The average molecular weight is 311 g/mol. The molecule has 0 radical (unpaired) electrons. The number of benzene rings is 1. The summed E-state index contributed by atoms with van der Waals surface area (Å²) in [7, 11) is 2.07. The molecule has 0 spiro atoms. The first kappa shape index (κ1) is 13.9. The molecule has 18 heavy (non-hydrogen) atoms. The molecule has 2 nitrogen and oxygen atoms in total. The lowest BCUT2D eigenvalue weighted by atomic mass is 9.84. The zero-order valence-corrected chi connectivity index (χ0v) is 13.3. The van der Waals surface area contributed by atoms with Crippen LogP contribution in [0.25, 0.3) is 0 Å². The van der Waals surface area contributed by atoms with Crippen molar-refractivity contribution >= 4 is 21.6 Å². The Kier molecular flexibility index (Phi) is 4.02. The molecule has 1 aliphatic heterocycles. The highest BCUT2D eigenvalue weighted by molar-refractivity contribution is 9.10. The first-order valence-electron chi connectivity index (χ1n) is 6.68. The van der Waals surface area contributed by atoms with Gasteiger partial charge in [-0.1, -0.05) is 15.9 Å². The van der Waals surface area contributed by atoms with E-state index in [0.717, 1.165) is 11.0 Å². The summed E-state index contributed by atoms with van der Waals surface area (Å²) in [5.41, 5.74) is 2.86. The van der Waals surface area contributed by atoms with Crippen LogP contribution in [0.1, 0.15) is 32.3 Å². The normalized spacial score (nSPS) is 23.2. The van der Waals surface area contributed by atoms with Crippen molar-refractivity contribution in [2.45, 2.75) is 45.2 Å². The lowest BCUT2D eigenvalue weighted by Gasteiger charge is -2.50. The highest BCUT2D eigenvalue weighted by atomic mass is 79.9. The fourth-order valence-corrected chi connectivity index (χ4v) is 3.61. The average Bonchev–Trinajstić information content (AvgIpc) is 2.29. The lowest BCUT2D eigenvalue weighted by molar-refractivity contribution is 0.275. The molecule has 0 aliphatic carbocycles. The fraction of sp³-hybridized carbons (Fsp3) is 0.600. The minimum absolute atomic E-state index is 0.158. The number of rotatable bonds is 2. The number of piperidine rings is 1. The van der Waals surface area contributed by atoms with Crippen molar-refractivity contribution in [3.05, 3.63) is 28.2 Å². The minimum atomic E-state index is 0.158. The highest BCUT2D eigenvalue weighted by Crippen LogP contribution is 2.35. The van der Waals surface area contributed by atoms with Gasteiger partial charge in [0, 0.05) is 28.3 Å². The molecule has 1 atom stereocenters. The fourth-order valence-electron chi connectivity index (χ4n) is 3.13. The van der Waals surface area contributed by atoms with E-state index < -0.39 is 0 Å². The van der Waals surface area contributed by atoms with E-state index in [-0.39, 0.29) is 5.54 Å². The Bertz CT molecular complexity index is 429.